The van der Waals surface area contributed by atoms with E-state index < -0.39 is 0 Å². The van der Waals surface area contributed by atoms with Crippen LogP contribution in [0.15, 0.2) is 30.3 Å². The van der Waals surface area contributed by atoms with Gasteiger partial charge in [0.2, 0.25) is 0 Å². The van der Waals surface area contributed by atoms with Crippen LogP contribution in [-0.4, -0.2) is 23.6 Å². The summed E-state index contributed by atoms with van der Waals surface area (Å²) in [5, 5.41) is 0. The number of ether oxygens (including phenoxy) is 1. The molecule has 0 aliphatic heterocycles. The third-order valence-corrected chi connectivity index (χ3v) is 3.31. The lowest BCUT2D eigenvalue weighted by Gasteiger charge is -2.20. The lowest BCUT2D eigenvalue weighted by molar-refractivity contribution is 0.336. The quantitative estimate of drug-likeness (QED) is 0.815. The van der Waals surface area contributed by atoms with Crippen LogP contribution in [0, 0.1) is 6.92 Å². The van der Waals surface area contributed by atoms with Gasteiger partial charge in [0.15, 0.2) is 0 Å². The molecule has 0 amide bonds. The Kier molecular flexibility index (Phi) is 5.14. The molecule has 0 spiro atoms. The molecule has 0 radical (unpaired) electrons. The molecule has 1 aromatic carbocycles. The van der Waals surface area contributed by atoms with E-state index in [1.807, 2.05) is 39.1 Å². The van der Waals surface area contributed by atoms with Gasteiger partial charge in [-0.05, 0) is 26.3 Å². The second-order valence-corrected chi connectivity index (χ2v) is 5.02. The van der Waals surface area contributed by atoms with Gasteiger partial charge in [-0.2, -0.15) is 0 Å². The van der Waals surface area contributed by atoms with Crippen molar-refractivity contribution in [2.24, 2.45) is 0 Å². The van der Waals surface area contributed by atoms with E-state index in [-0.39, 0.29) is 0 Å². The molecule has 0 bridgehead atoms. The second-order valence-electron chi connectivity index (χ2n) is 5.02. The lowest BCUT2D eigenvalue weighted by atomic mass is 10.2. The number of anilines is 1. The van der Waals surface area contributed by atoms with Crippen molar-refractivity contribution >= 4 is 5.82 Å². The molecule has 4 nitrogen and oxygen atoms in total. The average Bonchev–Trinajstić information content (AvgIpc) is 2.48. The summed E-state index contributed by atoms with van der Waals surface area (Å²) in [6.07, 6.45) is 0.916. The maximum atomic E-state index is 5.68. The van der Waals surface area contributed by atoms with Crippen molar-refractivity contribution in [2.45, 2.75) is 33.7 Å². The van der Waals surface area contributed by atoms with Crippen LogP contribution in [0.1, 0.15) is 30.9 Å². The maximum Gasteiger partial charge on any atom is 0.132 e. The number of aromatic nitrogens is 2. The van der Waals surface area contributed by atoms with Gasteiger partial charge < -0.3 is 9.64 Å². The topological polar surface area (TPSA) is 38.2 Å². The van der Waals surface area contributed by atoms with Gasteiger partial charge in [0, 0.05) is 30.9 Å². The average molecular weight is 285 g/mol. The molecule has 2 rings (SSSR count). The molecule has 112 valence electrons. The predicted molar refractivity (Wildman–Crippen MR) is 85.9 cm³/mol. The Hall–Kier alpha value is -2.10. The van der Waals surface area contributed by atoms with Crippen LogP contribution in [0.5, 0.6) is 5.75 Å². The first kappa shape index (κ1) is 15.3. The fourth-order valence-corrected chi connectivity index (χ4v) is 2.26. The molecular formula is C17H23N3O. The van der Waals surface area contributed by atoms with Crippen LogP contribution in [0.4, 0.5) is 5.82 Å². The van der Waals surface area contributed by atoms with E-state index in [2.05, 4.69) is 33.9 Å². The summed E-state index contributed by atoms with van der Waals surface area (Å²) in [5.74, 6) is 2.70. The van der Waals surface area contributed by atoms with Gasteiger partial charge in [-0.25, -0.2) is 9.97 Å². The molecule has 0 atom stereocenters. The summed E-state index contributed by atoms with van der Waals surface area (Å²) in [6.45, 7) is 7.48. The van der Waals surface area contributed by atoms with Gasteiger partial charge in [0.05, 0.1) is 6.61 Å². The summed E-state index contributed by atoms with van der Waals surface area (Å²) in [6, 6.07) is 10.2. The largest absolute Gasteiger partial charge is 0.494 e. The van der Waals surface area contributed by atoms with Crippen LogP contribution in [0.3, 0.4) is 0 Å². The Labute approximate surface area is 126 Å². The number of hydrogen-bond donors (Lipinski definition) is 0. The smallest absolute Gasteiger partial charge is 0.132 e. The number of aryl methyl sites for hydroxylation is 2. The van der Waals surface area contributed by atoms with Crippen LogP contribution >= 0.6 is 0 Å². The van der Waals surface area contributed by atoms with Crippen molar-refractivity contribution in [1.82, 2.24) is 9.97 Å². The number of nitrogens with zero attached hydrogens (tertiary/aromatic N) is 3. The summed E-state index contributed by atoms with van der Waals surface area (Å²) in [4.78, 5) is 11.1. The van der Waals surface area contributed by atoms with Crippen LogP contribution in [0.2, 0.25) is 0 Å². The number of benzene rings is 1. The SMILES string of the molecule is CCOc1ccccc1CN(C)c1cc(CC)nc(C)n1. The maximum absolute atomic E-state index is 5.68. The highest BCUT2D eigenvalue weighted by Crippen LogP contribution is 2.22. The van der Waals surface area contributed by atoms with E-state index in [0.29, 0.717) is 6.61 Å². The highest BCUT2D eigenvalue weighted by molar-refractivity contribution is 5.43. The molecule has 4 heteroatoms. The summed E-state index contributed by atoms with van der Waals surface area (Å²) < 4.78 is 5.68. The van der Waals surface area contributed by atoms with Crippen LogP contribution < -0.4 is 9.64 Å². The fourth-order valence-electron chi connectivity index (χ4n) is 2.26. The Balaban J connectivity index is 2.21. The zero-order chi connectivity index (χ0) is 15.2. The highest BCUT2D eigenvalue weighted by Gasteiger charge is 2.09. The van der Waals surface area contributed by atoms with Crippen molar-refractivity contribution in [2.75, 3.05) is 18.6 Å². The van der Waals surface area contributed by atoms with E-state index in [1.54, 1.807) is 0 Å². The van der Waals surface area contributed by atoms with Crippen molar-refractivity contribution in [3.63, 3.8) is 0 Å². The van der Waals surface area contributed by atoms with Gasteiger partial charge in [0.25, 0.3) is 0 Å². The number of hydrogen-bond acceptors (Lipinski definition) is 4. The molecule has 0 saturated heterocycles. The Morgan fingerprint density at radius 3 is 2.62 bits per heavy atom. The van der Waals surface area contributed by atoms with Gasteiger partial charge >= 0.3 is 0 Å². The van der Waals surface area contributed by atoms with E-state index >= 15 is 0 Å². The third-order valence-electron chi connectivity index (χ3n) is 3.31. The minimum Gasteiger partial charge on any atom is -0.494 e. The standard InChI is InChI=1S/C17H23N3O/c1-5-15-11-17(19-13(3)18-15)20(4)12-14-9-7-8-10-16(14)21-6-2/h7-11H,5-6,12H2,1-4H3. The summed E-state index contributed by atoms with van der Waals surface area (Å²) in [5.41, 5.74) is 2.23. The Bertz CT molecular complexity index is 598. The van der Waals surface area contributed by atoms with E-state index in [9.17, 15) is 0 Å². The normalized spacial score (nSPS) is 10.5. The number of rotatable bonds is 6. The van der Waals surface area contributed by atoms with Gasteiger partial charge in [-0.15, -0.1) is 0 Å². The van der Waals surface area contributed by atoms with E-state index in [4.69, 9.17) is 4.74 Å². The van der Waals surface area contributed by atoms with Crippen molar-refractivity contribution < 1.29 is 4.74 Å². The van der Waals surface area contributed by atoms with Crippen LogP contribution in [0.25, 0.3) is 0 Å². The number of para-hydroxylation sites is 1. The molecule has 0 aliphatic carbocycles. The minimum atomic E-state index is 0.674. The van der Waals surface area contributed by atoms with Gasteiger partial charge in [-0.3, -0.25) is 0 Å². The first-order chi connectivity index (χ1) is 10.1. The fraction of sp³-hybridized carbons (Fsp3) is 0.412. The first-order valence-electron chi connectivity index (χ1n) is 7.40. The van der Waals surface area contributed by atoms with E-state index in [0.717, 1.165) is 41.6 Å². The minimum absolute atomic E-state index is 0.674. The molecular weight excluding hydrogens is 262 g/mol. The van der Waals surface area contributed by atoms with E-state index in [1.165, 1.54) is 0 Å². The molecule has 0 N–H and O–H groups in total. The van der Waals surface area contributed by atoms with Crippen molar-refractivity contribution in [3.8, 4) is 5.75 Å². The first-order valence-corrected chi connectivity index (χ1v) is 7.40. The molecule has 0 fully saturated rings. The molecule has 21 heavy (non-hydrogen) atoms. The second kappa shape index (κ2) is 7.07. The summed E-state index contributed by atoms with van der Waals surface area (Å²) in [7, 11) is 2.05. The molecule has 2 aromatic rings. The zero-order valence-electron chi connectivity index (χ0n) is 13.3. The van der Waals surface area contributed by atoms with Gasteiger partial charge in [-0.1, -0.05) is 25.1 Å². The highest BCUT2D eigenvalue weighted by atomic mass is 16.5. The lowest BCUT2D eigenvalue weighted by Crippen LogP contribution is -2.19. The Morgan fingerprint density at radius 1 is 1.14 bits per heavy atom. The van der Waals surface area contributed by atoms with Crippen molar-refractivity contribution in [1.29, 1.82) is 0 Å². The van der Waals surface area contributed by atoms with Crippen molar-refractivity contribution in [3.05, 3.63) is 47.4 Å². The molecule has 1 heterocycles. The van der Waals surface area contributed by atoms with Gasteiger partial charge in [0.1, 0.15) is 17.4 Å². The Morgan fingerprint density at radius 2 is 1.90 bits per heavy atom. The molecule has 0 saturated carbocycles. The summed E-state index contributed by atoms with van der Waals surface area (Å²) >= 11 is 0. The van der Waals surface area contributed by atoms with Crippen LogP contribution in [-0.2, 0) is 13.0 Å². The molecule has 0 aliphatic rings. The molecule has 0 unspecified atom stereocenters. The third kappa shape index (κ3) is 3.94. The zero-order valence-corrected chi connectivity index (χ0v) is 13.3. The molecule has 1 aromatic heterocycles. The monoisotopic (exact) mass is 285 g/mol. The predicted octanol–water partition coefficient (Wildman–Crippen LogP) is 3.38.